The van der Waals surface area contributed by atoms with Gasteiger partial charge < -0.3 is 10.3 Å². The number of nitrogens with two attached hydrogens (primary N) is 1. The van der Waals surface area contributed by atoms with E-state index in [-0.39, 0.29) is 12.4 Å². The summed E-state index contributed by atoms with van der Waals surface area (Å²) in [7, 11) is 0. The number of nitrogens with zero attached hydrogens (tertiary/aromatic N) is 4. The molecule has 2 aromatic rings. The third kappa shape index (κ3) is 2.51. The van der Waals surface area contributed by atoms with Crippen LogP contribution in [0, 0.1) is 6.92 Å². The third-order valence-electron chi connectivity index (χ3n) is 1.77. The number of aryl methyl sites for hydroxylation is 1. The van der Waals surface area contributed by atoms with Gasteiger partial charge in [0, 0.05) is 0 Å². The second kappa shape index (κ2) is 5.17. The van der Waals surface area contributed by atoms with Gasteiger partial charge in [0.15, 0.2) is 5.82 Å². The van der Waals surface area contributed by atoms with Gasteiger partial charge in [0.05, 0.1) is 12.5 Å². The van der Waals surface area contributed by atoms with Gasteiger partial charge in [0.25, 0.3) is 5.95 Å². The Kier molecular flexibility index (Phi) is 3.90. The van der Waals surface area contributed by atoms with Gasteiger partial charge in [0.2, 0.25) is 0 Å². The van der Waals surface area contributed by atoms with Gasteiger partial charge in [-0.1, -0.05) is 0 Å². The van der Waals surface area contributed by atoms with E-state index >= 15 is 0 Å². The van der Waals surface area contributed by atoms with Crippen LogP contribution in [0.2, 0.25) is 0 Å². The fourth-order valence-electron chi connectivity index (χ4n) is 0.964. The fraction of sp³-hybridized carbons (Fsp3) is 0.125. The van der Waals surface area contributed by atoms with Crippen molar-refractivity contribution in [1.82, 2.24) is 14.9 Å². The molecule has 2 rings (SSSR count). The van der Waals surface area contributed by atoms with Crippen LogP contribution in [-0.2, 0) is 0 Å². The summed E-state index contributed by atoms with van der Waals surface area (Å²) in [5.74, 6) is 7.21. The molecule has 0 saturated carbocycles. The van der Waals surface area contributed by atoms with Crippen molar-refractivity contribution >= 4 is 24.6 Å². The van der Waals surface area contributed by atoms with Gasteiger partial charge in [-0.05, 0) is 19.1 Å². The van der Waals surface area contributed by atoms with Crippen LogP contribution in [0.15, 0.2) is 27.9 Å². The monoisotopic (exact) mass is 242 g/mol. The van der Waals surface area contributed by atoms with Crippen LogP contribution in [0.25, 0.3) is 0 Å². The van der Waals surface area contributed by atoms with Crippen LogP contribution in [0.4, 0.5) is 5.95 Å². The minimum absolute atomic E-state index is 0. The highest BCUT2D eigenvalue weighted by Gasteiger charge is 2.02. The van der Waals surface area contributed by atoms with Crippen LogP contribution in [0.1, 0.15) is 11.6 Å². The van der Waals surface area contributed by atoms with Gasteiger partial charge in [-0.2, -0.15) is 5.10 Å². The molecule has 0 spiro atoms. The third-order valence-corrected chi connectivity index (χ3v) is 1.77. The molecule has 0 fully saturated rings. The number of hydrogen-bond donors (Lipinski definition) is 2. The lowest BCUT2D eigenvalue weighted by Gasteiger charge is -1.98. The largest absolute Gasteiger partial charge is 0.463 e. The van der Waals surface area contributed by atoms with Crippen LogP contribution in [-0.4, -0.2) is 21.1 Å². The Hall–Kier alpha value is -2.02. The molecule has 7 nitrogen and oxygen atoms in total. The van der Waals surface area contributed by atoms with Gasteiger partial charge in [0.1, 0.15) is 5.76 Å². The molecule has 86 valence electrons. The topological polar surface area (TPSA) is 94.3 Å². The first-order valence-electron chi connectivity index (χ1n) is 4.27. The first kappa shape index (κ1) is 12.1. The molecule has 0 bridgehead atoms. The van der Waals surface area contributed by atoms with Crippen molar-refractivity contribution in [3.8, 4) is 0 Å². The molecule has 0 aromatic carbocycles. The van der Waals surface area contributed by atoms with Gasteiger partial charge >= 0.3 is 0 Å². The Bertz CT molecular complexity index is 463. The molecule has 0 aliphatic heterocycles. The molecule has 0 unspecified atom stereocenters. The summed E-state index contributed by atoms with van der Waals surface area (Å²) in [6.45, 7) is 1.74. The van der Waals surface area contributed by atoms with Crippen LogP contribution < -0.4 is 11.3 Å². The van der Waals surface area contributed by atoms with Crippen molar-refractivity contribution in [2.45, 2.75) is 6.92 Å². The number of hydrazone groups is 1. The number of nitrogen functional groups attached to an aromatic ring is 1. The van der Waals surface area contributed by atoms with Crippen molar-refractivity contribution in [3.63, 3.8) is 0 Å². The molecule has 0 aliphatic carbocycles. The second-order valence-electron chi connectivity index (χ2n) is 2.83. The summed E-state index contributed by atoms with van der Waals surface area (Å²) in [4.78, 5) is 0. The van der Waals surface area contributed by atoms with Gasteiger partial charge in [-0.15, -0.1) is 22.6 Å². The molecule has 0 aliphatic rings. The maximum atomic E-state index is 5.59. The van der Waals surface area contributed by atoms with E-state index in [1.807, 2.05) is 0 Å². The van der Waals surface area contributed by atoms with Crippen LogP contribution in [0.3, 0.4) is 0 Å². The number of furan rings is 1. The number of aromatic nitrogens is 3. The predicted octanol–water partition coefficient (Wildman–Crippen LogP) is 0.761. The lowest BCUT2D eigenvalue weighted by molar-refractivity contribution is 0.560. The first-order chi connectivity index (χ1) is 7.27. The standard InChI is InChI=1S/C8H10N6O.ClH/c1-6-11-13-8(14(6)9)12-10-5-7-3-2-4-15-7;/h2-5H,9H2,1H3,(H,12,13);1H/b10-5+;. The highest BCUT2D eigenvalue weighted by Crippen LogP contribution is 2.01. The Morgan fingerprint density at radius 1 is 1.56 bits per heavy atom. The highest BCUT2D eigenvalue weighted by atomic mass is 35.5. The number of halogens is 1. The first-order valence-corrected chi connectivity index (χ1v) is 4.27. The summed E-state index contributed by atoms with van der Waals surface area (Å²) < 4.78 is 6.35. The smallest absolute Gasteiger partial charge is 0.263 e. The second-order valence-corrected chi connectivity index (χ2v) is 2.83. The van der Waals surface area contributed by atoms with E-state index in [0.29, 0.717) is 17.5 Å². The SMILES string of the molecule is Cc1nnc(N/N=C/c2ccco2)n1N.Cl. The number of rotatable bonds is 3. The predicted molar refractivity (Wildman–Crippen MR) is 62.1 cm³/mol. The normalized spacial score (nSPS) is 10.3. The lowest BCUT2D eigenvalue weighted by Crippen LogP contribution is -2.13. The molecular formula is C8H11ClN6O. The summed E-state index contributed by atoms with van der Waals surface area (Å²) in [5, 5.41) is 11.4. The molecule has 0 amide bonds. The van der Waals surface area contributed by atoms with E-state index in [1.165, 1.54) is 10.9 Å². The van der Waals surface area contributed by atoms with E-state index < -0.39 is 0 Å². The average Bonchev–Trinajstić information content (AvgIpc) is 2.83. The Morgan fingerprint density at radius 2 is 2.38 bits per heavy atom. The number of anilines is 1. The molecule has 8 heteroatoms. The summed E-state index contributed by atoms with van der Waals surface area (Å²) >= 11 is 0. The summed E-state index contributed by atoms with van der Waals surface area (Å²) in [5.41, 5.74) is 2.65. The minimum atomic E-state index is 0. The molecule has 0 atom stereocenters. The molecule has 3 N–H and O–H groups in total. The van der Waals surface area contributed by atoms with Crippen molar-refractivity contribution in [2.24, 2.45) is 5.10 Å². The zero-order chi connectivity index (χ0) is 10.7. The summed E-state index contributed by atoms with van der Waals surface area (Å²) in [6, 6.07) is 3.56. The molecule has 16 heavy (non-hydrogen) atoms. The quantitative estimate of drug-likeness (QED) is 0.471. The van der Waals surface area contributed by atoms with Gasteiger partial charge in [-0.3, -0.25) is 0 Å². The molecule has 0 radical (unpaired) electrons. The van der Waals surface area contributed by atoms with E-state index in [9.17, 15) is 0 Å². The fourth-order valence-corrected chi connectivity index (χ4v) is 0.964. The molecule has 2 heterocycles. The average molecular weight is 243 g/mol. The zero-order valence-electron chi connectivity index (χ0n) is 8.49. The van der Waals surface area contributed by atoms with E-state index in [2.05, 4.69) is 20.7 Å². The number of nitrogens with one attached hydrogen (secondary N) is 1. The van der Waals surface area contributed by atoms with Crippen molar-refractivity contribution < 1.29 is 4.42 Å². The lowest BCUT2D eigenvalue weighted by atomic mass is 10.5. The Labute approximate surface area is 97.7 Å². The van der Waals surface area contributed by atoms with E-state index in [1.54, 1.807) is 25.3 Å². The molecule has 2 aromatic heterocycles. The van der Waals surface area contributed by atoms with E-state index in [4.69, 9.17) is 10.3 Å². The van der Waals surface area contributed by atoms with Crippen molar-refractivity contribution in [3.05, 3.63) is 30.0 Å². The molecule has 0 saturated heterocycles. The number of hydrogen-bond acceptors (Lipinski definition) is 6. The van der Waals surface area contributed by atoms with Crippen LogP contribution >= 0.6 is 12.4 Å². The van der Waals surface area contributed by atoms with E-state index in [0.717, 1.165) is 0 Å². The Morgan fingerprint density at radius 3 is 2.94 bits per heavy atom. The maximum absolute atomic E-state index is 5.59. The van der Waals surface area contributed by atoms with Crippen molar-refractivity contribution in [1.29, 1.82) is 0 Å². The highest BCUT2D eigenvalue weighted by molar-refractivity contribution is 5.85. The van der Waals surface area contributed by atoms with Crippen molar-refractivity contribution in [2.75, 3.05) is 11.3 Å². The minimum Gasteiger partial charge on any atom is -0.463 e. The van der Waals surface area contributed by atoms with Gasteiger partial charge in [-0.25, -0.2) is 10.1 Å². The zero-order valence-corrected chi connectivity index (χ0v) is 9.31. The Balaban J connectivity index is 0.00000128. The summed E-state index contributed by atoms with van der Waals surface area (Å²) in [6.07, 6.45) is 3.08. The maximum Gasteiger partial charge on any atom is 0.263 e. The molecular weight excluding hydrogens is 232 g/mol. The van der Waals surface area contributed by atoms with Crippen LogP contribution in [0.5, 0.6) is 0 Å².